The number of hydrogen-bond donors (Lipinski definition) is 2. The Labute approximate surface area is 205 Å². The van der Waals surface area contributed by atoms with Crippen LogP contribution in [-0.2, 0) is 29.2 Å². The van der Waals surface area contributed by atoms with Crippen molar-refractivity contribution in [1.29, 1.82) is 0 Å². The molecule has 1 unspecified atom stereocenters. The topological polar surface area (TPSA) is 147 Å². The van der Waals surface area contributed by atoms with Crippen LogP contribution < -0.4 is 10.6 Å². The van der Waals surface area contributed by atoms with Crippen LogP contribution in [0.5, 0.6) is 0 Å². The molecule has 1 fully saturated rings. The summed E-state index contributed by atoms with van der Waals surface area (Å²) in [5.41, 5.74) is 2.92. The summed E-state index contributed by atoms with van der Waals surface area (Å²) in [6.45, 7) is 2.70. The molecule has 36 heavy (non-hydrogen) atoms. The second-order valence-corrected chi connectivity index (χ2v) is 9.23. The maximum atomic E-state index is 13.1. The molecule has 3 aliphatic rings. The number of nitrogens with zero attached hydrogens (tertiary/aromatic N) is 7. The van der Waals surface area contributed by atoms with Crippen LogP contribution >= 0.6 is 0 Å². The highest BCUT2D eigenvalue weighted by Crippen LogP contribution is 2.29. The van der Waals surface area contributed by atoms with Gasteiger partial charge < -0.3 is 10.2 Å². The van der Waals surface area contributed by atoms with E-state index in [1.807, 2.05) is 17.8 Å². The monoisotopic (exact) mass is 489 g/mol. The summed E-state index contributed by atoms with van der Waals surface area (Å²) < 4.78 is 3.30. The molecular formula is C23H23N9O4. The average molecular weight is 489 g/mol. The molecular weight excluding hydrogens is 466 g/mol. The number of amides is 4. The van der Waals surface area contributed by atoms with Crippen LogP contribution in [0.4, 0.5) is 5.82 Å². The van der Waals surface area contributed by atoms with Crippen molar-refractivity contribution < 1.29 is 19.2 Å². The Morgan fingerprint density at radius 2 is 2.00 bits per heavy atom. The van der Waals surface area contributed by atoms with Crippen LogP contribution in [0.25, 0.3) is 5.69 Å². The third-order valence-corrected chi connectivity index (χ3v) is 6.73. The fourth-order valence-electron chi connectivity index (χ4n) is 4.82. The van der Waals surface area contributed by atoms with E-state index in [0.717, 1.165) is 30.9 Å². The van der Waals surface area contributed by atoms with Gasteiger partial charge in [0, 0.05) is 37.7 Å². The smallest absolute Gasteiger partial charge is 0.279 e. The third kappa shape index (κ3) is 3.82. The normalized spacial score (nSPS) is 19.8. The van der Waals surface area contributed by atoms with Gasteiger partial charge in [0.2, 0.25) is 11.8 Å². The largest absolute Gasteiger partial charge is 0.322 e. The van der Waals surface area contributed by atoms with Crippen LogP contribution in [0.2, 0.25) is 0 Å². The van der Waals surface area contributed by atoms with Crippen molar-refractivity contribution in [3.05, 3.63) is 53.0 Å². The van der Waals surface area contributed by atoms with Crippen molar-refractivity contribution in [2.24, 2.45) is 0 Å². The fraction of sp³-hybridized carbons (Fsp3) is 0.348. The van der Waals surface area contributed by atoms with E-state index < -0.39 is 17.9 Å². The van der Waals surface area contributed by atoms with Crippen molar-refractivity contribution in [3.63, 3.8) is 0 Å². The molecule has 2 aromatic heterocycles. The van der Waals surface area contributed by atoms with Gasteiger partial charge in [-0.25, -0.2) is 4.68 Å². The predicted molar refractivity (Wildman–Crippen MR) is 124 cm³/mol. The summed E-state index contributed by atoms with van der Waals surface area (Å²) in [5.74, 6) is -1.05. The molecule has 0 spiro atoms. The van der Waals surface area contributed by atoms with Gasteiger partial charge in [-0.1, -0.05) is 11.3 Å². The van der Waals surface area contributed by atoms with Crippen LogP contribution in [0.15, 0.2) is 30.5 Å². The lowest BCUT2D eigenvalue weighted by Crippen LogP contribution is -2.52. The maximum Gasteiger partial charge on any atom is 0.279 e. The molecule has 3 aliphatic heterocycles. The molecule has 13 heteroatoms. The molecule has 5 heterocycles. The van der Waals surface area contributed by atoms with Gasteiger partial charge in [-0.15, -0.1) is 5.10 Å². The van der Waals surface area contributed by atoms with Gasteiger partial charge in [-0.3, -0.25) is 34.1 Å². The zero-order valence-corrected chi connectivity index (χ0v) is 19.5. The van der Waals surface area contributed by atoms with Gasteiger partial charge >= 0.3 is 0 Å². The van der Waals surface area contributed by atoms with Gasteiger partial charge in [-0.2, -0.15) is 5.10 Å². The van der Waals surface area contributed by atoms with E-state index in [2.05, 4.69) is 30.9 Å². The summed E-state index contributed by atoms with van der Waals surface area (Å²) in [4.78, 5) is 53.2. The standard InChI is InChI=1S/C23H23N9O4/c1-29-6-7-31-15(11-29)9-19(27-31)24-21(34)17-12-32(28-26-17)14-3-2-13-10-30(23(36)16(13)8-14)18-4-5-20(33)25-22(18)35/h2-3,8-9,12,18H,4-7,10-11H2,1H3,(H,24,27,34)(H,25,33,35). The molecule has 0 radical (unpaired) electrons. The van der Waals surface area contributed by atoms with Crippen molar-refractivity contribution >= 4 is 29.4 Å². The fourth-order valence-corrected chi connectivity index (χ4v) is 4.82. The number of rotatable bonds is 4. The maximum absolute atomic E-state index is 13.1. The van der Waals surface area contributed by atoms with Gasteiger partial charge in [-0.05, 0) is 31.2 Å². The molecule has 6 rings (SSSR count). The van der Waals surface area contributed by atoms with E-state index in [1.165, 1.54) is 15.8 Å². The number of fused-ring (bicyclic) bond motifs is 2. The van der Waals surface area contributed by atoms with Gasteiger partial charge in [0.25, 0.3) is 11.8 Å². The number of carbonyl (C=O) groups excluding carboxylic acids is 4. The van der Waals surface area contributed by atoms with Crippen LogP contribution in [0.1, 0.15) is 44.9 Å². The average Bonchev–Trinajstić information content (AvgIpc) is 3.56. The summed E-state index contributed by atoms with van der Waals surface area (Å²) in [6, 6.07) is 6.40. The number of aromatic nitrogens is 5. The van der Waals surface area contributed by atoms with E-state index in [1.54, 1.807) is 18.2 Å². The summed E-state index contributed by atoms with van der Waals surface area (Å²) in [6.07, 6.45) is 1.98. The Hall–Kier alpha value is -4.39. The van der Waals surface area contributed by atoms with Crippen molar-refractivity contribution in [2.75, 3.05) is 18.9 Å². The number of hydrogen-bond acceptors (Lipinski definition) is 8. The van der Waals surface area contributed by atoms with Gasteiger partial charge in [0.05, 0.1) is 24.1 Å². The van der Waals surface area contributed by atoms with Gasteiger partial charge in [0.1, 0.15) is 6.04 Å². The van der Waals surface area contributed by atoms with E-state index in [-0.39, 0.29) is 30.5 Å². The SMILES string of the molecule is CN1CCn2nc(NC(=O)c3cn(-c4ccc5c(c4)C(=O)N(C4CCC(=O)NC4=O)C5)nn3)cc2C1. The zero-order chi connectivity index (χ0) is 25.0. The molecule has 0 saturated carbocycles. The number of benzene rings is 1. The van der Waals surface area contributed by atoms with Gasteiger partial charge in [0.15, 0.2) is 11.5 Å². The number of piperidine rings is 1. The number of carbonyl (C=O) groups is 4. The summed E-state index contributed by atoms with van der Waals surface area (Å²) in [7, 11) is 2.03. The van der Waals surface area contributed by atoms with Crippen LogP contribution in [-0.4, -0.2) is 77.8 Å². The van der Waals surface area contributed by atoms with Crippen LogP contribution in [0, 0.1) is 0 Å². The Morgan fingerprint density at radius 1 is 1.14 bits per heavy atom. The number of likely N-dealkylation sites (N-methyl/N-ethyl adjacent to an activating group) is 1. The van der Waals surface area contributed by atoms with E-state index >= 15 is 0 Å². The first-order valence-electron chi connectivity index (χ1n) is 11.6. The van der Waals surface area contributed by atoms with Crippen LogP contribution in [0.3, 0.4) is 0 Å². The first-order valence-corrected chi connectivity index (χ1v) is 11.6. The Balaban J connectivity index is 1.17. The minimum Gasteiger partial charge on any atom is -0.322 e. The van der Waals surface area contributed by atoms with Crippen molar-refractivity contribution in [3.8, 4) is 5.69 Å². The van der Waals surface area contributed by atoms with E-state index in [4.69, 9.17) is 0 Å². The lowest BCUT2D eigenvalue weighted by atomic mass is 10.0. The van der Waals surface area contributed by atoms with Crippen molar-refractivity contribution in [2.45, 2.75) is 38.5 Å². The zero-order valence-electron chi connectivity index (χ0n) is 19.5. The molecule has 1 atom stereocenters. The lowest BCUT2D eigenvalue weighted by molar-refractivity contribution is -0.136. The highest BCUT2D eigenvalue weighted by Gasteiger charge is 2.39. The minimum atomic E-state index is -0.679. The molecule has 3 aromatic rings. The Morgan fingerprint density at radius 3 is 2.83 bits per heavy atom. The number of imide groups is 1. The highest BCUT2D eigenvalue weighted by molar-refractivity contribution is 6.05. The first-order chi connectivity index (χ1) is 17.4. The molecule has 0 bridgehead atoms. The molecule has 1 aromatic carbocycles. The van der Waals surface area contributed by atoms with E-state index in [9.17, 15) is 19.2 Å². The first kappa shape index (κ1) is 22.1. The minimum absolute atomic E-state index is 0.107. The second kappa shape index (κ2) is 8.37. The molecule has 0 aliphatic carbocycles. The summed E-state index contributed by atoms with van der Waals surface area (Å²) in [5, 5.41) is 17.5. The molecule has 2 N–H and O–H groups in total. The Kier molecular flexibility index (Phi) is 5.14. The predicted octanol–water partition coefficient (Wildman–Crippen LogP) is -0.0775. The number of nitrogens with one attached hydrogen (secondary N) is 2. The Bertz CT molecular complexity index is 1420. The van der Waals surface area contributed by atoms with Crippen molar-refractivity contribution in [1.82, 2.24) is 39.9 Å². The molecule has 1 saturated heterocycles. The highest BCUT2D eigenvalue weighted by atomic mass is 16.2. The second-order valence-electron chi connectivity index (χ2n) is 9.23. The third-order valence-electron chi connectivity index (χ3n) is 6.73. The molecule has 13 nitrogen and oxygen atoms in total. The van der Waals surface area contributed by atoms with E-state index in [0.29, 0.717) is 23.5 Å². The lowest BCUT2D eigenvalue weighted by Gasteiger charge is -2.29. The number of anilines is 1. The molecule has 184 valence electrons. The molecule has 4 amide bonds. The summed E-state index contributed by atoms with van der Waals surface area (Å²) >= 11 is 0. The quantitative estimate of drug-likeness (QED) is 0.484.